The molecule has 2 aromatic heterocycles. The Morgan fingerprint density at radius 3 is 2.53 bits per heavy atom. The lowest BCUT2D eigenvalue weighted by molar-refractivity contribution is -0.113. The van der Waals surface area contributed by atoms with Gasteiger partial charge in [0.05, 0.1) is 5.75 Å². The van der Waals surface area contributed by atoms with E-state index in [-0.39, 0.29) is 11.7 Å². The summed E-state index contributed by atoms with van der Waals surface area (Å²) < 4.78 is 2.00. The highest BCUT2D eigenvalue weighted by atomic mass is 32.2. The monoisotopic (exact) mass is 511 g/mol. The lowest BCUT2D eigenvalue weighted by atomic mass is 10.1. The van der Waals surface area contributed by atoms with Gasteiger partial charge in [-0.1, -0.05) is 89.6 Å². The third-order valence-corrected chi connectivity index (χ3v) is 7.39. The van der Waals surface area contributed by atoms with Gasteiger partial charge < -0.3 is 5.32 Å². The fourth-order valence-electron chi connectivity index (χ4n) is 3.82. The normalized spacial score (nSPS) is 10.9. The molecule has 0 saturated carbocycles. The molecule has 0 spiro atoms. The second kappa shape index (κ2) is 10.9. The molecular weight excluding hydrogens is 486 g/mol. The van der Waals surface area contributed by atoms with Crippen molar-refractivity contribution < 1.29 is 4.79 Å². The number of benzene rings is 3. The Kier molecular flexibility index (Phi) is 7.25. The summed E-state index contributed by atoms with van der Waals surface area (Å²) in [5.74, 6) is 0.810. The van der Waals surface area contributed by atoms with Gasteiger partial charge in [0.15, 0.2) is 16.1 Å². The average Bonchev–Trinajstić information content (AvgIpc) is 3.50. The van der Waals surface area contributed by atoms with E-state index in [1.54, 1.807) is 0 Å². The second-order valence-corrected chi connectivity index (χ2v) is 10.5. The van der Waals surface area contributed by atoms with Gasteiger partial charge in [-0.2, -0.15) is 0 Å². The Morgan fingerprint density at radius 1 is 0.944 bits per heavy atom. The predicted octanol–water partition coefficient (Wildman–Crippen LogP) is 6.33. The number of hydrogen-bond acceptors (Lipinski definition) is 6. The number of nitrogens with zero attached hydrogens (tertiary/aromatic N) is 4. The molecule has 0 aliphatic heterocycles. The maximum atomic E-state index is 12.7. The van der Waals surface area contributed by atoms with Crippen LogP contribution in [-0.2, 0) is 11.2 Å². The number of rotatable bonds is 8. The van der Waals surface area contributed by atoms with Crippen molar-refractivity contribution in [2.75, 3.05) is 11.1 Å². The topological polar surface area (TPSA) is 72.7 Å². The molecular formula is C28H25N5OS2. The molecule has 5 rings (SSSR count). The summed E-state index contributed by atoms with van der Waals surface area (Å²) in [5, 5.41) is 13.0. The highest BCUT2D eigenvalue weighted by molar-refractivity contribution is 7.99. The van der Waals surface area contributed by atoms with Crippen LogP contribution in [-0.4, -0.2) is 31.4 Å². The number of anilines is 1. The summed E-state index contributed by atoms with van der Waals surface area (Å²) in [6.07, 6.45) is 2.63. The number of aromatic nitrogens is 4. The van der Waals surface area contributed by atoms with Crippen molar-refractivity contribution in [1.82, 2.24) is 19.7 Å². The number of thiazole rings is 1. The van der Waals surface area contributed by atoms with Crippen molar-refractivity contribution >= 4 is 34.1 Å². The molecule has 6 nitrogen and oxygen atoms in total. The van der Waals surface area contributed by atoms with E-state index < -0.39 is 0 Å². The van der Waals surface area contributed by atoms with Crippen molar-refractivity contribution in [3.63, 3.8) is 0 Å². The van der Waals surface area contributed by atoms with Crippen LogP contribution in [0.15, 0.2) is 90.2 Å². The van der Waals surface area contributed by atoms with Crippen LogP contribution in [0.25, 0.3) is 17.1 Å². The van der Waals surface area contributed by atoms with Crippen LogP contribution in [0.2, 0.25) is 0 Å². The molecule has 0 saturated heterocycles. The molecule has 36 heavy (non-hydrogen) atoms. The summed E-state index contributed by atoms with van der Waals surface area (Å²) in [5.41, 5.74) is 5.55. The van der Waals surface area contributed by atoms with Gasteiger partial charge in [-0.3, -0.25) is 9.36 Å². The minimum atomic E-state index is -0.129. The first kappa shape index (κ1) is 24.0. The predicted molar refractivity (Wildman–Crippen MR) is 147 cm³/mol. The van der Waals surface area contributed by atoms with Crippen LogP contribution in [0.1, 0.15) is 21.6 Å². The molecule has 0 unspecified atom stereocenters. The van der Waals surface area contributed by atoms with Crippen LogP contribution in [0.3, 0.4) is 0 Å². The molecule has 0 atom stereocenters. The summed E-state index contributed by atoms with van der Waals surface area (Å²) in [6, 6.07) is 26.6. The Balaban J connectivity index is 1.28. The average molecular weight is 512 g/mol. The van der Waals surface area contributed by atoms with Crippen molar-refractivity contribution in [2.24, 2.45) is 0 Å². The van der Waals surface area contributed by atoms with Gasteiger partial charge in [-0.05, 0) is 31.5 Å². The number of aryl methyl sites for hydroxylation is 2. The molecule has 1 amide bonds. The van der Waals surface area contributed by atoms with Crippen molar-refractivity contribution in [3.8, 4) is 17.1 Å². The Bertz CT molecular complexity index is 1480. The lowest BCUT2D eigenvalue weighted by Crippen LogP contribution is -2.14. The molecule has 1 N–H and O–H groups in total. The maximum absolute atomic E-state index is 12.7. The maximum Gasteiger partial charge on any atom is 0.236 e. The first-order valence-corrected chi connectivity index (χ1v) is 13.4. The number of carbonyl (C=O) groups is 1. The zero-order valence-corrected chi connectivity index (χ0v) is 21.6. The van der Waals surface area contributed by atoms with Crippen LogP contribution in [0.5, 0.6) is 0 Å². The summed E-state index contributed by atoms with van der Waals surface area (Å²) >= 11 is 2.85. The number of nitrogens with one attached hydrogen (secondary N) is 1. The fourth-order valence-corrected chi connectivity index (χ4v) is 5.43. The van der Waals surface area contributed by atoms with Crippen molar-refractivity contribution in [1.29, 1.82) is 0 Å². The second-order valence-electron chi connectivity index (χ2n) is 8.48. The summed E-state index contributed by atoms with van der Waals surface area (Å²) in [4.78, 5) is 18.2. The molecule has 0 fully saturated rings. The van der Waals surface area contributed by atoms with E-state index in [0.717, 1.165) is 28.4 Å². The largest absolute Gasteiger partial charge is 0.301 e. The standard InChI is InChI=1S/C28H25N5OS2/c1-19-11-13-23(14-12-19)33-26(22-9-4-3-5-10-22)31-32-28(33)35-18-25(34)30-27-29-17-24(36-27)16-21-8-6-7-20(2)15-21/h3-15,17H,16,18H2,1-2H3,(H,29,30,34). The van der Waals surface area contributed by atoms with Gasteiger partial charge in [0, 0.05) is 28.7 Å². The van der Waals surface area contributed by atoms with E-state index in [4.69, 9.17) is 0 Å². The molecule has 0 aliphatic rings. The van der Waals surface area contributed by atoms with Crippen molar-refractivity contribution in [2.45, 2.75) is 25.4 Å². The first-order chi connectivity index (χ1) is 17.5. The van der Waals surface area contributed by atoms with Gasteiger partial charge in [0.2, 0.25) is 5.91 Å². The number of carbonyl (C=O) groups excluding carboxylic acids is 1. The SMILES string of the molecule is Cc1ccc(-n2c(SCC(=O)Nc3ncc(Cc4cccc(C)c4)s3)nnc2-c2ccccc2)cc1. The van der Waals surface area contributed by atoms with Crippen LogP contribution in [0, 0.1) is 13.8 Å². The molecule has 3 aromatic carbocycles. The van der Waals surface area contributed by atoms with Crippen LogP contribution < -0.4 is 5.32 Å². The molecule has 0 radical (unpaired) electrons. The van der Waals surface area contributed by atoms with E-state index in [0.29, 0.717) is 10.3 Å². The number of thioether (sulfide) groups is 1. The van der Waals surface area contributed by atoms with Gasteiger partial charge in [-0.25, -0.2) is 4.98 Å². The smallest absolute Gasteiger partial charge is 0.236 e. The highest BCUT2D eigenvalue weighted by Crippen LogP contribution is 2.28. The molecule has 0 aliphatic carbocycles. The van der Waals surface area contributed by atoms with E-state index in [1.165, 1.54) is 39.8 Å². The quantitative estimate of drug-likeness (QED) is 0.247. The number of hydrogen-bond donors (Lipinski definition) is 1. The lowest BCUT2D eigenvalue weighted by Gasteiger charge is -2.10. The van der Waals surface area contributed by atoms with E-state index in [2.05, 4.69) is 70.7 Å². The highest BCUT2D eigenvalue weighted by Gasteiger charge is 2.17. The molecule has 8 heteroatoms. The van der Waals surface area contributed by atoms with E-state index in [1.807, 2.05) is 53.2 Å². The molecule has 5 aromatic rings. The Labute approximate surface area is 218 Å². The molecule has 0 bridgehead atoms. The number of amides is 1. The molecule has 180 valence electrons. The van der Waals surface area contributed by atoms with Crippen LogP contribution in [0.4, 0.5) is 5.13 Å². The van der Waals surface area contributed by atoms with Gasteiger partial charge in [-0.15, -0.1) is 21.5 Å². The zero-order chi connectivity index (χ0) is 24.9. The fraction of sp³-hybridized carbons (Fsp3) is 0.143. The Morgan fingerprint density at radius 2 is 1.75 bits per heavy atom. The van der Waals surface area contributed by atoms with Crippen molar-refractivity contribution in [3.05, 3.63) is 107 Å². The van der Waals surface area contributed by atoms with E-state index in [9.17, 15) is 4.79 Å². The van der Waals surface area contributed by atoms with Gasteiger partial charge >= 0.3 is 0 Å². The third-order valence-electron chi connectivity index (χ3n) is 5.55. The van der Waals surface area contributed by atoms with E-state index >= 15 is 0 Å². The minimum Gasteiger partial charge on any atom is -0.301 e. The summed E-state index contributed by atoms with van der Waals surface area (Å²) in [6.45, 7) is 4.14. The molecule has 2 heterocycles. The third kappa shape index (κ3) is 5.72. The minimum absolute atomic E-state index is 0.129. The Hall–Kier alpha value is -3.75. The zero-order valence-electron chi connectivity index (χ0n) is 20.0. The first-order valence-electron chi connectivity index (χ1n) is 11.6. The van der Waals surface area contributed by atoms with Crippen LogP contribution >= 0.6 is 23.1 Å². The van der Waals surface area contributed by atoms with Gasteiger partial charge in [0.1, 0.15) is 0 Å². The summed E-state index contributed by atoms with van der Waals surface area (Å²) in [7, 11) is 0. The van der Waals surface area contributed by atoms with Gasteiger partial charge in [0.25, 0.3) is 0 Å².